The molecule has 0 N–H and O–H groups in total. The predicted octanol–water partition coefficient (Wildman–Crippen LogP) is 6.10. The lowest BCUT2D eigenvalue weighted by Gasteiger charge is -2.13. The quantitative estimate of drug-likeness (QED) is 0.568. The summed E-state index contributed by atoms with van der Waals surface area (Å²) in [5.74, 6) is 1.30. The maximum absolute atomic E-state index is 12.6. The summed E-state index contributed by atoms with van der Waals surface area (Å²) in [6, 6.07) is 5.70. The van der Waals surface area contributed by atoms with Gasteiger partial charge >= 0.3 is 6.18 Å². The van der Waals surface area contributed by atoms with E-state index in [1.807, 2.05) is 0 Å². The third-order valence-electron chi connectivity index (χ3n) is 3.66. The minimum Gasteiger partial charge on any atom is -0.166 e. The molecule has 1 atom stereocenters. The lowest BCUT2D eigenvalue weighted by molar-refractivity contribution is -0.137. The van der Waals surface area contributed by atoms with Crippen molar-refractivity contribution in [3.8, 4) is 0 Å². The first-order valence-corrected chi connectivity index (χ1v) is 7.45. The van der Waals surface area contributed by atoms with E-state index in [4.69, 9.17) is 0 Å². The van der Waals surface area contributed by atoms with Gasteiger partial charge in [0.05, 0.1) is 5.56 Å². The van der Waals surface area contributed by atoms with Gasteiger partial charge in [-0.1, -0.05) is 58.2 Å². The molecule has 1 aromatic rings. The fourth-order valence-electron chi connectivity index (χ4n) is 2.34. The van der Waals surface area contributed by atoms with Crippen LogP contribution in [0.4, 0.5) is 13.2 Å². The zero-order valence-electron chi connectivity index (χ0n) is 12.6. The van der Waals surface area contributed by atoms with E-state index in [2.05, 4.69) is 20.8 Å². The van der Waals surface area contributed by atoms with Gasteiger partial charge in [0.1, 0.15) is 0 Å². The normalized spacial score (nSPS) is 13.8. The van der Waals surface area contributed by atoms with Crippen molar-refractivity contribution in [1.29, 1.82) is 0 Å². The number of hydrogen-bond acceptors (Lipinski definition) is 0. The van der Waals surface area contributed by atoms with Crippen LogP contribution < -0.4 is 0 Å². The van der Waals surface area contributed by atoms with Crippen LogP contribution in [0.1, 0.15) is 57.6 Å². The predicted molar refractivity (Wildman–Crippen MR) is 77.6 cm³/mol. The van der Waals surface area contributed by atoms with Crippen LogP contribution >= 0.6 is 0 Å². The molecule has 0 bridgehead atoms. The van der Waals surface area contributed by atoms with Gasteiger partial charge in [-0.25, -0.2) is 0 Å². The molecule has 0 aromatic heterocycles. The molecule has 1 unspecified atom stereocenters. The molecule has 0 aliphatic rings. The Bertz CT molecular complexity index is 393. The second-order valence-corrected chi connectivity index (χ2v) is 6.17. The van der Waals surface area contributed by atoms with E-state index < -0.39 is 11.7 Å². The van der Waals surface area contributed by atoms with Crippen molar-refractivity contribution in [3.05, 3.63) is 35.4 Å². The maximum atomic E-state index is 12.6. The number of hydrogen-bond donors (Lipinski definition) is 0. The molecule has 0 aliphatic carbocycles. The summed E-state index contributed by atoms with van der Waals surface area (Å²) in [6.07, 6.45) is 1.05. The van der Waals surface area contributed by atoms with Crippen molar-refractivity contribution >= 4 is 0 Å². The van der Waals surface area contributed by atoms with Crippen molar-refractivity contribution in [1.82, 2.24) is 0 Å². The molecule has 1 aromatic carbocycles. The van der Waals surface area contributed by atoms with Gasteiger partial charge < -0.3 is 0 Å². The summed E-state index contributed by atoms with van der Waals surface area (Å²) in [6.45, 7) is 6.62. The number of halogens is 3. The Labute approximate surface area is 120 Å². The van der Waals surface area contributed by atoms with Gasteiger partial charge in [-0.05, 0) is 36.3 Å². The molecule has 3 heteroatoms. The molecule has 0 radical (unpaired) electrons. The van der Waals surface area contributed by atoms with E-state index in [0.717, 1.165) is 36.8 Å². The van der Waals surface area contributed by atoms with E-state index in [0.29, 0.717) is 5.92 Å². The van der Waals surface area contributed by atoms with Gasteiger partial charge in [0.25, 0.3) is 0 Å². The first-order valence-electron chi connectivity index (χ1n) is 7.45. The maximum Gasteiger partial charge on any atom is 0.416 e. The van der Waals surface area contributed by atoms with E-state index >= 15 is 0 Å². The van der Waals surface area contributed by atoms with Gasteiger partial charge in [0.15, 0.2) is 0 Å². The van der Waals surface area contributed by atoms with E-state index in [1.165, 1.54) is 25.0 Å². The molecule has 0 spiro atoms. The molecule has 20 heavy (non-hydrogen) atoms. The molecule has 0 saturated carbocycles. The summed E-state index contributed by atoms with van der Waals surface area (Å²) < 4.78 is 37.8. The van der Waals surface area contributed by atoms with Gasteiger partial charge in [-0.2, -0.15) is 13.2 Å². The average Bonchev–Trinajstić information content (AvgIpc) is 2.35. The molecule has 1 rings (SSSR count). The smallest absolute Gasteiger partial charge is 0.166 e. The number of aryl methyl sites for hydroxylation is 1. The monoisotopic (exact) mass is 286 g/mol. The van der Waals surface area contributed by atoms with Crippen LogP contribution in [-0.2, 0) is 12.6 Å². The molecule has 0 saturated heterocycles. The third-order valence-corrected chi connectivity index (χ3v) is 3.66. The van der Waals surface area contributed by atoms with Gasteiger partial charge in [0, 0.05) is 0 Å². The molecule has 0 amide bonds. The number of alkyl halides is 3. The first kappa shape index (κ1) is 17.1. The Kier molecular flexibility index (Phi) is 6.57. The molecule has 0 heterocycles. The van der Waals surface area contributed by atoms with Crippen molar-refractivity contribution in [3.63, 3.8) is 0 Å². The van der Waals surface area contributed by atoms with Gasteiger partial charge in [-0.15, -0.1) is 0 Å². The number of benzene rings is 1. The molecule has 0 nitrogen and oxygen atoms in total. The Morgan fingerprint density at radius 1 is 1.00 bits per heavy atom. The minimum absolute atomic E-state index is 0.539. The Balaban J connectivity index is 2.41. The second-order valence-electron chi connectivity index (χ2n) is 6.17. The highest BCUT2D eigenvalue weighted by molar-refractivity contribution is 5.25. The van der Waals surface area contributed by atoms with Crippen LogP contribution in [0, 0.1) is 11.8 Å². The third kappa shape index (κ3) is 6.44. The molecule has 0 fully saturated rings. The van der Waals surface area contributed by atoms with Crippen LogP contribution in [-0.4, -0.2) is 0 Å². The van der Waals surface area contributed by atoms with E-state index in [-0.39, 0.29) is 0 Å². The van der Waals surface area contributed by atoms with Gasteiger partial charge in [0.2, 0.25) is 0 Å². The van der Waals surface area contributed by atoms with Crippen LogP contribution in [0.25, 0.3) is 0 Å². The molecule has 0 aliphatic heterocycles. The fraction of sp³-hybridized carbons (Fsp3) is 0.647. The summed E-state index contributed by atoms with van der Waals surface area (Å²) in [5, 5.41) is 0. The largest absolute Gasteiger partial charge is 0.416 e. The van der Waals surface area contributed by atoms with Crippen LogP contribution in [0.2, 0.25) is 0 Å². The lowest BCUT2D eigenvalue weighted by atomic mass is 9.94. The highest BCUT2D eigenvalue weighted by Crippen LogP contribution is 2.30. The highest BCUT2D eigenvalue weighted by Gasteiger charge is 2.30. The first-order chi connectivity index (χ1) is 9.29. The number of rotatable bonds is 7. The average molecular weight is 286 g/mol. The van der Waals surface area contributed by atoms with Crippen molar-refractivity contribution in [2.75, 3.05) is 0 Å². The van der Waals surface area contributed by atoms with Crippen LogP contribution in [0.5, 0.6) is 0 Å². The summed E-state index contributed by atoms with van der Waals surface area (Å²) in [4.78, 5) is 0. The molecular formula is C17H25F3. The zero-order valence-corrected chi connectivity index (χ0v) is 12.6. The van der Waals surface area contributed by atoms with Crippen LogP contribution in [0.3, 0.4) is 0 Å². The highest BCUT2D eigenvalue weighted by atomic mass is 19.4. The fourth-order valence-corrected chi connectivity index (χ4v) is 2.34. The summed E-state index contributed by atoms with van der Waals surface area (Å²) >= 11 is 0. The van der Waals surface area contributed by atoms with Crippen molar-refractivity contribution in [2.45, 2.75) is 59.1 Å². The standard InChI is InChI=1S/C17H25F3/c1-13(2)6-4-7-14(3)10-11-15-8-5-9-16(12-15)17(18,19)20/h5,8-9,12-14H,4,6-7,10-11H2,1-3H3. The SMILES string of the molecule is CC(C)CCCC(C)CCc1cccc(C(F)(F)F)c1. The second kappa shape index (κ2) is 7.70. The van der Waals surface area contributed by atoms with Crippen molar-refractivity contribution < 1.29 is 13.2 Å². The topological polar surface area (TPSA) is 0 Å². The zero-order chi connectivity index (χ0) is 15.2. The van der Waals surface area contributed by atoms with E-state index in [1.54, 1.807) is 6.07 Å². The Morgan fingerprint density at radius 3 is 2.30 bits per heavy atom. The van der Waals surface area contributed by atoms with Crippen molar-refractivity contribution in [2.24, 2.45) is 11.8 Å². The lowest BCUT2D eigenvalue weighted by Crippen LogP contribution is -2.06. The molecular weight excluding hydrogens is 261 g/mol. The Morgan fingerprint density at radius 2 is 1.70 bits per heavy atom. The summed E-state index contributed by atoms with van der Waals surface area (Å²) in [7, 11) is 0. The summed E-state index contributed by atoms with van der Waals surface area (Å²) in [5.41, 5.74) is 0.248. The van der Waals surface area contributed by atoms with E-state index in [9.17, 15) is 13.2 Å². The van der Waals surface area contributed by atoms with Crippen LogP contribution in [0.15, 0.2) is 24.3 Å². The Hall–Kier alpha value is -0.990. The molecule has 114 valence electrons. The minimum atomic E-state index is -4.24. The van der Waals surface area contributed by atoms with Gasteiger partial charge in [-0.3, -0.25) is 0 Å².